The predicted octanol–water partition coefficient (Wildman–Crippen LogP) is 2.37. The van der Waals surface area contributed by atoms with E-state index in [-0.39, 0.29) is 17.7 Å². The van der Waals surface area contributed by atoms with Crippen molar-refractivity contribution in [2.75, 3.05) is 18.4 Å². The molecular formula is C16H23N3O2. The molecule has 1 aliphatic rings. The van der Waals surface area contributed by atoms with Crippen LogP contribution in [0.15, 0.2) is 18.3 Å². The van der Waals surface area contributed by atoms with Gasteiger partial charge in [-0.05, 0) is 37.8 Å². The lowest BCUT2D eigenvalue weighted by molar-refractivity contribution is -0.134. The normalized spacial score (nSPS) is 18.4. The first-order valence-electron chi connectivity index (χ1n) is 7.61. The van der Waals surface area contributed by atoms with Gasteiger partial charge in [0.15, 0.2) is 0 Å². The summed E-state index contributed by atoms with van der Waals surface area (Å²) in [5.74, 6) is 0.550. The van der Waals surface area contributed by atoms with Crippen molar-refractivity contribution >= 4 is 17.6 Å². The topological polar surface area (TPSA) is 62.3 Å². The summed E-state index contributed by atoms with van der Waals surface area (Å²) in [7, 11) is 0. The minimum atomic E-state index is -0.136. The highest BCUT2D eigenvalue weighted by molar-refractivity contribution is 5.92. The molecule has 21 heavy (non-hydrogen) atoms. The molecule has 0 bridgehead atoms. The molecule has 1 unspecified atom stereocenters. The van der Waals surface area contributed by atoms with Crippen molar-refractivity contribution in [3.63, 3.8) is 0 Å². The Kier molecular flexibility index (Phi) is 5.31. The van der Waals surface area contributed by atoms with Crippen molar-refractivity contribution in [3.05, 3.63) is 23.9 Å². The molecule has 0 radical (unpaired) electrons. The van der Waals surface area contributed by atoms with Crippen molar-refractivity contribution in [2.24, 2.45) is 5.92 Å². The molecule has 5 nitrogen and oxygen atoms in total. The van der Waals surface area contributed by atoms with Gasteiger partial charge in [0.1, 0.15) is 5.82 Å². The minimum Gasteiger partial charge on any atom is -0.342 e. The molecule has 2 heterocycles. The van der Waals surface area contributed by atoms with Crippen molar-refractivity contribution in [1.82, 2.24) is 9.88 Å². The van der Waals surface area contributed by atoms with E-state index in [0.29, 0.717) is 18.8 Å². The van der Waals surface area contributed by atoms with E-state index in [1.807, 2.05) is 24.8 Å². The fourth-order valence-corrected chi connectivity index (χ4v) is 2.56. The van der Waals surface area contributed by atoms with Gasteiger partial charge in [0, 0.05) is 25.7 Å². The van der Waals surface area contributed by atoms with Crippen LogP contribution in [0.1, 0.15) is 38.2 Å². The van der Waals surface area contributed by atoms with E-state index in [2.05, 4.69) is 10.3 Å². The zero-order valence-electron chi connectivity index (χ0n) is 12.8. The summed E-state index contributed by atoms with van der Waals surface area (Å²) in [6, 6.07) is 3.72. The number of nitrogens with zero attached hydrogens (tertiary/aromatic N) is 2. The van der Waals surface area contributed by atoms with E-state index in [9.17, 15) is 9.59 Å². The maximum absolute atomic E-state index is 12.3. The maximum Gasteiger partial charge on any atom is 0.230 e. The van der Waals surface area contributed by atoms with Gasteiger partial charge in [-0.15, -0.1) is 0 Å². The molecule has 114 valence electrons. The molecule has 2 rings (SSSR count). The molecule has 1 saturated heterocycles. The van der Waals surface area contributed by atoms with Crippen LogP contribution in [0.4, 0.5) is 5.82 Å². The Balaban J connectivity index is 1.92. The third-order valence-electron chi connectivity index (χ3n) is 3.77. The summed E-state index contributed by atoms with van der Waals surface area (Å²) in [5.41, 5.74) is 1.06. The number of aromatic nitrogens is 1. The minimum absolute atomic E-state index is 0.0413. The van der Waals surface area contributed by atoms with Gasteiger partial charge in [-0.1, -0.05) is 13.0 Å². The van der Waals surface area contributed by atoms with Gasteiger partial charge in [-0.3, -0.25) is 9.59 Å². The van der Waals surface area contributed by atoms with Crippen LogP contribution in [-0.4, -0.2) is 34.8 Å². The molecule has 1 aromatic heterocycles. The summed E-state index contributed by atoms with van der Waals surface area (Å²) >= 11 is 0. The fourth-order valence-electron chi connectivity index (χ4n) is 2.56. The van der Waals surface area contributed by atoms with Gasteiger partial charge in [-0.2, -0.15) is 0 Å². The largest absolute Gasteiger partial charge is 0.342 e. The average molecular weight is 289 g/mol. The van der Waals surface area contributed by atoms with E-state index in [0.717, 1.165) is 31.4 Å². The quantitative estimate of drug-likeness (QED) is 0.925. The van der Waals surface area contributed by atoms with Gasteiger partial charge in [0.2, 0.25) is 11.8 Å². The third-order valence-corrected chi connectivity index (χ3v) is 3.77. The second-order valence-electron chi connectivity index (χ2n) is 5.64. The molecule has 0 aromatic carbocycles. The molecule has 1 fully saturated rings. The van der Waals surface area contributed by atoms with Crippen LogP contribution in [0.25, 0.3) is 0 Å². The molecule has 1 aliphatic heterocycles. The average Bonchev–Trinajstić information content (AvgIpc) is 2.50. The lowest BCUT2D eigenvalue weighted by Crippen LogP contribution is -2.43. The van der Waals surface area contributed by atoms with E-state index in [1.165, 1.54) is 0 Å². The number of pyridine rings is 1. The Morgan fingerprint density at radius 2 is 2.24 bits per heavy atom. The molecule has 0 saturated carbocycles. The zero-order chi connectivity index (χ0) is 15.2. The summed E-state index contributed by atoms with van der Waals surface area (Å²) in [4.78, 5) is 30.2. The van der Waals surface area contributed by atoms with Gasteiger partial charge < -0.3 is 10.2 Å². The second kappa shape index (κ2) is 7.20. The summed E-state index contributed by atoms with van der Waals surface area (Å²) < 4.78 is 0. The fraction of sp³-hybridized carbons (Fsp3) is 0.562. The molecule has 0 aliphatic carbocycles. The van der Waals surface area contributed by atoms with Crippen LogP contribution in [0, 0.1) is 12.8 Å². The maximum atomic E-state index is 12.3. The van der Waals surface area contributed by atoms with E-state index in [4.69, 9.17) is 0 Å². The molecule has 5 heteroatoms. The van der Waals surface area contributed by atoms with Crippen LogP contribution in [0.3, 0.4) is 0 Å². The first-order valence-corrected chi connectivity index (χ1v) is 7.61. The van der Waals surface area contributed by atoms with Crippen molar-refractivity contribution < 1.29 is 9.59 Å². The highest BCUT2D eigenvalue weighted by atomic mass is 16.2. The standard InChI is InChI=1S/C16H23N3O2/c1-3-5-15(20)19-9-4-6-13(11-19)16(21)18-14-8-7-12(2)10-17-14/h7-8,10,13H,3-6,9,11H2,1-2H3,(H,17,18,21). The predicted molar refractivity (Wildman–Crippen MR) is 81.8 cm³/mol. The molecule has 0 spiro atoms. The highest BCUT2D eigenvalue weighted by Crippen LogP contribution is 2.19. The summed E-state index contributed by atoms with van der Waals surface area (Å²) in [6.45, 7) is 5.24. The zero-order valence-corrected chi connectivity index (χ0v) is 12.8. The van der Waals surface area contributed by atoms with Gasteiger partial charge in [0.05, 0.1) is 5.92 Å². The van der Waals surface area contributed by atoms with E-state index in [1.54, 1.807) is 12.3 Å². The number of hydrogen-bond acceptors (Lipinski definition) is 3. The number of anilines is 1. The Morgan fingerprint density at radius 3 is 2.90 bits per heavy atom. The van der Waals surface area contributed by atoms with Crippen molar-refractivity contribution in [2.45, 2.75) is 39.5 Å². The van der Waals surface area contributed by atoms with Gasteiger partial charge in [0.25, 0.3) is 0 Å². The van der Waals surface area contributed by atoms with Crippen LogP contribution < -0.4 is 5.32 Å². The Morgan fingerprint density at radius 1 is 1.43 bits per heavy atom. The third kappa shape index (κ3) is 4.28. The monoisotopic (exact) mass is 289 g/mol. The van der Waals surface area contributed by atoms with Crippen molar-refractivity contribution in [3.8, 4) is 0 Å². The van der Waals surface area contributed by atoms with E-state index < -0.39 is 0 Å². The van der Waals surface area contributed by atoms with Gasteiger partial charge in [-0.25, -0.2) is 4.98 Å². The molecule has 1 N–H and O–H groups in total. The smallest absolute Gasteiger partial charge is 0.230 e. The lowest BCUT2D eigenvalue weighted by atomic mass is 9.96. The first kappa shape index (κ1) is 15.5. The van der Waals surface area contributed by atoms with Crippen LogP contribution >= 0.6 is 0 Å². The number of nitrogens with one attached hydrogen (secondary N) is 1. The number of piperidine rings is 1. The van der Waals surface area contributed by atoms with Crippen molar-refractivity contribution in [1.29, 1.82) is 0 Å². The second-order valence-corrected chi connectivity index (χ2v) is 5.64. The van der Waals surface area contributed by atoms with Gasteiger partial charge >= 0.3 is 0 Å². The Hall–Kier alpha value is -1.91. The molecular weight excluding hydrogens is 266 g/mol. The SMILES string of the molecule is CCCC(=O)N1CCCC(C(=O)Nc2ccc(C)cn2)C1. The number of hydrogen-bond donors (Lipinski definition) is 1. The highest BCUT2D eigenvalue weighted by Gasteiger charge is 2.28. The Labute approximate surface area is 125 Å². The first-order chi connectivity index (χ1) is 10.1. The van der Waals surface area contributed by atoms with Crippen LogP contribution in [0.5, 0.6) is 0 Å². The Bertz CT molecular complexity index is 499. The summed E-state index contributed by atoms with van der Waals surface area (Å²) in [6.07, 6.45) is 4.85. The van der Waals surface area contributed by atoms with Crippen LogP contribution in [0.2, 0.25) is 0 Å². The molecule has 1 atom stereocenters. The molecule has 1 aromatic rings. The number of amides is 2. The number of carbonyl (C=O) groups is 2. The number of aryl methyl sites for hydroxylation is 1. The number of carbonyl (C=O) groups excluding carboxylic acids is 2. The number of rotatable bonds is 4. The number of likely N-dealkylation sites (tertiary alicyclic amines) is 1. The lowest BCUT2D eigenvalue weighted by Gasteiger charge is -2.32. The van der Waals surface area contributed by atoms with E-state index >= 15 is 0 Å². The molecule has 2 amide bonds. The van der Waals surface area contributed by atoms with Crippen LogP contribution in [-0.2, 0) is 9.59 Å². The summed E-state index contributed by atoms with van der Waals surface area (Å²) in [5, 5.41) is 2.84.